The lowest BCUT2D eigenvalue weighted by atomic mass is 10.1. The van der Waals surface area contributed by atoms with Crippen LogP contribution in [0.4, 0.5) is 17.6 Å². The quantitative estimate of drug-likeness (QED) is 0.819. The molecule has 0 aromatic heterocycles. The fourth-order valence-corrected chi connectivity index (χ4v) is 1.65. The van der Waals surface area contributed by atoms with Crippen molar-refractivity contribution < 1.29 is 22.4 Å². The second-order valence-corrected chi connectivity index (χ2v) is 4.36. The molecule has 1 rings (SSSR count). The smallest absolute Gasteiger partial charge is 0.350 e. The number of likely N-dealkylation sites (N-methyl/N-ethyl adjacent to an activating group) is 1. The molecule has 0 bridgehead atoms. The van der Waals surface area contributed by atoms with Gasteiger partial charge in [0.2, 0.25) is 0 Å². The van der Waals surface area contributed by atoms with Gasteiger partial charge in [0.1, 0.15) is 5.82 Å². The van der Waals surface area contributed by atoms with Gasteiger partial charge in [0.15, 0.2) is 0 Å². The molecule has 0 heterocycles. The van der Waals surface area contributed by atoms with E-state index in [9.17, 15) is 22.4 Å². The summed E-state index contributed by atoms with van der Waals surface area (Å²) in [6, 6.07) is 2.18. The zero-order valence-corrected chi connectivity index (χ0v) is 11.1. The van der Waals surface area contributed by atoms with E-state index >= 15 is 0 Å². The molecule has 7 heteroatoms. The molecule has 0 unspecified atom stereocenters. The topological polar surface area (TPSA) is 41.1 Å². The van der Waals surface area contributed by atoms with Crippen molar-refractivity contribution in [1.29, 1.82) is 0 Å². The third-order valence-corrected chi connectivity index (χ3v) is 2.66. The van der Waals surface area contributed by atoms with Gasteiger partial charge in [0.05, 0.1) is 5.56 Å². The number of halogens is 4. The minimum Gasteiger partial charge on any atom is -0.350 e. The Morgan fingerprint density at radius 2 is 2.00 bits per heavy atom. The Morgan fingerprint density at radius 3 is 2.55 bits per heavy atom. The number of alkyl halides is 3. The van der Waals surface area contributed by atoms with Crippen molar-refractivity contribution in [2.45, 2.75) is 26.1 Å². The lowest BCUT2D eigenvalue weighted by molar-refractivity contribution is -0.140. The summed E-state index contributed by atoms with van der Waals surface area (Å²) in [5.74, 6) is -2.06. The van der Waals surface area contributed by atoms with Crippen molar-refractivity contribution in [3.8, 4) is 0 Å². The Kier molecular flexibility index (Phi) is 5.50. The second-order valence-electron chi connectivity index (χ2n) is 4.36. The van der Waals surface area contributed by atoms with Crippen molar-refractivity contribution in [2.75, 3.05) is 13.1 Å². The van der Waals surface area contributed by atoms with E-state index in [0.717, 1.165) is 6.07 Å². The Bertz CT molecular complexity index is 474. The number of benzene rings is 1. The van der Waals surface area contributed by atoms with Crippen molar-refractivity contribution >= 4 is 5.91 Å². The van der Waals surface area contributed by atoms with Gasteiger partial charge in [0, 0.05) is 18.2 Å². The van der Waals surface area contributed by atoms with Crippen LogP contribution in [0.5, 0.6) is 0 Å². The molecule has 112 valence electrons. The van der Waals surface area contributed by atoms with Crippen molar-refractivity contribution in [3.05, 3.63) is 35.1 Å². The molecular weight excluding hydrogens is 276 g/mol. The van der Waals surface area contributed by atoms with Crippen LogP contribution in [-0.2, 0) is 6.18 Å². The number of carbonyl (C=O) groups is 1. The second kappa shape index (κ2) is 6.69. The van der Waals surface area contributed by atoms with Crippen LogP contribution in [-0.4, -0.2) is 25.0 Å². The lowest BCUT2D eigenvalue weighted by Gasteiger charge is -2.14. The van der Waals surface area contributed by atoms with Gasteiger partial charge in [-0.2, -0.15) is 13.2 Å². The Balaban J connectivity index is 2.79. The summed E-state index contributed by atoms with van der Waals surface area (Å²) in [7, 11) is 0. The van der Waals surface area contributed by atoms with E-state index in [0.29, 0.717) is 18.7 Å². The molecule has 0 spiro atoms. The summed E-state index contributed by atoms with van der Waals surface area (Å²) in [4.78, 5) is 11.7. The molecule has 1 aromatic rings. The summed E-state index contributed by atoms with van der Waals surface area (Å²) < 4.78 is 50.7. The van der Waals surface area contributed by atoms with Crippen molar-refractivity contribution in [2.24, 2.45) is 0 Å². The van der Waals surface area contributed by atoms with Gasteiger partial charge in [-0.3, -0.25) is 4.79 Å². The summed E-state index contributed by atoms with van der Waals surface area (Å²) in [5, 5.41) is 5.53. The fourth-order valence-electron chi connectivity index (χ4n) is 1.65. The SMILES string of the molecule is CCN[C@H](C)CNC(=O)c1ccc(F)c(C(F)(F)F)c1. The predicted molar refractivity (Wildman–Crippen MR) is 66.9 cm³/mol. The Morgan fingerprint density at radius 1 is 1.35 bits per heavy atom. The standard InChI is InChI=1S/C13H16F4N2O/c1-3-18-8(2)7-19-12(20)9-4-5-11(14)10(6-9)13(15,16)17/h4-6,8,18H,3,7H2,1-2H3,(H,19,20)/t8-/m1/s1. The van der Waals surface area contributed by atoms with Crippen LogP contribution in [0.15, 0.2) is 18.2 Å². The van der Waals surface area contributed by atoms with Gasteiger partial charge in [-0.1, -0.05) is 6.92 Å². The average Bonchev–Trinajstić information content (AvgIpc) is 2.35. The zero-order valence-electron chi connectivity index (χ0n) is 11.1. The molecule has 3 nitrogen and oxygen atoms in total. The van der Waals surface area contributed by atoms with E-state index in [-0.39, 0.29) is 18.2 Å². The number of nitrogens with one attached hydrogen (secondary N) is 2. The first-order valence-electron chi connectivity index (χ1n) is 6.14. The molecule has 1 amide bonds. The average molecular weight is 292 g/mol. The summed E-state index contributed by atoms with van der Waals surface area (Å²) >= 11 is 0. The minimum atomic E-state index is -4.82. The summed E-state index contributed by atoms with van der Waals surface area (Å²) in [5.41, 5.74) is -1.66. The van der Waals surface area contributed by atoms with E-state index in [1.54, 1.807) is 0 Å². The van der Waals surface area contributed by atoms with E-state index < -0.39 is 23.5 Å². The highest BCUT2D eigenvalue weighted by molar-refractivity contribution is 5.94. The number of hydrogen-bond donors (Lipinski definition) is 2. The number of amides is 1. The van der Waals surface area contributed by atoms with Gasteiger partial charge >= 0.3 is 6.18 Å². The third kappa shape index (κ3) is 4.48. The molecule has 20 heavy (non-hydrogen) atoms. The lowest BCUT2D eigenvalue weighted by Crippen LogP contribution is -2.38. The van der Waals surface area contributed by atoms with Crippen LogP contribution < -0.4 is 10.6 Å². The highest BCUT2D eigenvalue weighted by atomic mass is 19.4. The molecule has 0 saturated carbocycles. The van der Waals surface area contributed by atoms with E-state index in [1.807, 2.05) is 13.8 Å². The molecular formula is C13H16F4N2O. The molecule has 1 atom stereocenters. The zero-order chi connectivity index (χ0) is 15.3. The van der Waals surface area contributed by atoms with Crippen molar-refractivity contribution in [3.63, 3.8) is 0 Å². The Labute approximate surface area is 114 Å². The van der Waals surface area contributed by atoms with Gasteiger partial charge in [0.25, 0.3) is 5.91 Å². The molecule has 2 N–H and O–H groups in total. The van der Waals surface area contributed by atoms with Gasteiger partial charge < -0.3 is 10.6 Å². The molecule has 0 aliphatic rings. The maximum absolute atomic E-state index is 13.1. The van der Waals surface area contributed by atoms with Gasteiger partial charge in [-0.25, -0.2) is 4.39 Å². The van der Waals surface area contributed by atoms with E-state index in [2.05, 4.69) is 10.6 Å². The maximum Gasteiger partial charge on any atom is 0.419 e. The maximum atomic E-state index is 13.1. The molecule has 1 aromatic carbocycles. The first-order valence-corrected chi connectivity index (χ1v) is 6.14. The number of carbonyl (C=O) groups excluding carboxylic acids is 1. The molecule has 0 saturated heterocycles. The molecule has 0 radical (unpaired) electrons. The molecule has 0 aliphatic carbocycles. The monoisotopic (exact) mass is 292 g/mol. The highest BCUT2D eigenvalue weighted by Crippen LogP contribution is 2.31. The molecule has 0 aliphatic heterocycles. The van der Waals surface area contributed by atoms with Crippen LogP contribution in [0.1, 0.15) is 29.8 Å². The molecule has 0 fully saturated rings. The first-order chi connectivity index (χ1) is 9.25. The van der Waals surface area contributed by atoms with Crippen molar-refractivity contribution in [1.82, 2.24) is 10.6 Å². The highest BCUT2D eigenvalue weighted by Gasteiger charge is 2.34. The minimum absolute atomic E-state index is 0.00788. The van der Waals surface area contributed by atoms with Crippen LogP contribution in [0.3, 0.4) is 0 Å². The summed E-state index contributed by atoms with van der Waals surface area (Å²) in [6.07, 6.45) is -4.82. The first kappa shape index (κ1) is 16.4. The fraction of sp³-hybridized carbons (Fsp3) is 0.462. The van der Waals surface area contributed by atoms with Crippen LogP contribution in [0, 0.1) is 5.82 Å². The van der Waals surface area contributed by atoms with Crippen LogP contribution in [0.2, 0.25) is 0 Å². The van der Waals surface area contributed by atoms with Gasteiger partial charge in [-0.15, -0.1) is 0 Å². The third-order valence-electron chi connectivity index (χ3n) is 2.66. The largest absolute Gasteiger partial charge is 0.419 e. The normalized spacial score (nSPS) is 13.1. The van der Waals surface area contributed by atoms with Crippen LogP contribution >= 0.6 is 0 Å². The number of rotatable bonds is 5. The summed E-state index contributed by atoms with van der Waals surface area (Å²) in [6.45, 7) is 4.71. The predicted octanol–water partition coefficient (Wildman–Crippen LogP) is 2.57. The Hall–Kier alpha value is -1.63. The van der Waals surface area contributed by atoms with Gasteiger partial charge in [-0.05, 0) is 31.7 Å². The van der Waals surface area contributed by atoms with E-state index in [4.69, 9.17) is 0 Å². The van der Waals surface area contributed by atoms with E-state index in [1.165, 1.54) is 0 Å². The number of hydrogen-bond acceptors (Lipinski definition) is 2. The van der Waals surface area contributed by atoms with Crippen LogP contribution in [0.25, 0.3) is 0 Å².